The molecule has 0 radical (unpaired) electrons. The Balaban J connectivity index is 0.000000440. The Morgan fingerprint density at radius 2 is 0.977 bits per heavy atom. The van der Waals surface area contributed by atoms with Crippen molar-refractivity contribution >= 4 is 5.91 Å². The molecule has 2 rings (SSSR count). The van der Waals surface area contributed by atoms with Gasteiger partial charge in [0.15, 0.2) is 0 Å². The number of carbonyl (C=O) groups excluding carboxylic acids is 1. The van der Waals surface area contributed by atoms with Crippen molar-refractivity contribution in [2.24, 2.45) is 16.2 Å². The molecule has 44 heavy (non-hydrogen) atoms. The molecular weight excluding hydrogens is 545 g/mol. The van der Waals surface area contributed by atoms with E-state index in [9.17, 15) is 9.18 Å². The van der Waals surface area contributed by atoms with Crippen LogP contribution >= 0.6 is 0 Å². The van der Waals surface area contributed by atoms with Crippen LogP contribution in [0.1, 0.15) is 173 Å². The van der Waals surface area contributed by atoms with Crippen LogP contribution in [0.4, 0.5) is 4.39 Å². The normalized spacial score (nSPS) is 19.2. The van der Waals surface area contributed by atoms with E-state index in [1.807, 2.05) is 25.7 Å². The average Bonchev–Trinajstić information content (AvgIpc) is 2.86. The van der Waals surface area contributed by atoms with Crippen LogP contribution in [0, 0.1) is 16.2 Å². The second kappa shape index (κ2) is 18.6. The molecule has 0 aromatic carbocycles. The van der Waals surface area contributed by atoms with Crippen molar-refractivity contribution in [1.29, 1.82) is 0 Å². The number of amides is 1. The largest absolute Gasteiger partial charge is 0.335 e. The summed E-state index contributed by atoms with van der Waals surface area (Å²) in [5.41, 5.74) is -0.244. The van der Waals surface area contributed by atoms with Gasteiger partial charge in [0.2, 0.25) is 5.91 Å². The minimum Gasteiger partial charge on any atom is -0.335 e. The van der Waals surface area contributed by atoms with E-state index in [-0.39, 0.29) is 11.0 Å². The van der Waals surface area contributed by atoms with E-state index >= 15 is 0 Å². The number of carbonyl (C=O) groups is 1. The van der Waals surface area contributed by atoms with Crippen LogP contribution in [-0.2, 0) is 4.79 Å². The van der Waals surface area contributed by atoms with E-state index in [2.05, 4.69) is 72.1 Å². The molecule has 4 nitrogen and oxygen atoms in total. The Morgan fingerprint density at radius 1 is 0.568 bits per heavy atom. The highest BCUT2D eigenvalue weighted by Crippen LogP contribution is 2.42. The zero-order valence-corrected chi connectivity index (χ0v) is 32.0. The molecular formula is C39H78FN3O. The first-order valence-corrected chi connectivity index (χ1v) is 18.6. The van der Waals surface area contributed by atoms with E-state index < -0.39 is 5.67 Å². The number of hydrogen-bond donors (Lipinski definition) is 0. The number of alkyl halides is 1. The number of rotatable bonds is 14. The van der Waals surface area contributed by atoms with Gasteiger partial charge in [-0.3, -0.25) is 9.69 Å². The summed E-state index contributed by atoms with van der Waals surface area (Å²) in [5.74, 6) is 0.295. The first-order chi connectivity index (χ1) is 20.1. The van der Waals surface area contributed by atoms with E-state index in [0.29, 0.717) is 36.1 Å². The third-order valence-electron chi connectivity index (χ3n) is 9.90. The lowest BCUT2D eigenvalue weighted by Gasteiger charge is -2.44. The predicted molar refractivity (Wildman–Crippen MR) is 191 cm³/mol. The zero-order chi connectivity index (χ0) is 33.7. The van der Waals surface area contributed by atoms with Crippen LogP contribution in [-0.4, -0.2) is 77.6 Å². The number of piperazine rings is 1. The van der Waals surface area contributed by atoms with Crippen molar-refractivity contribution in [3.8, 4) is 0 Å². The summed E-state index contributed by atoms with van der Waals surface area (Å²) in [5, 5.41) is 0. The quantitative estimate of drug-likeness (QED) is 0.180. The molecule has 0 atom stereocenters. The van der Waals surface area contributed by atoms with Crippen LogP contribution in [0.25, 0.3) is 0 Å². The summed E-state index contributed by atoms with van der Waals surface area (Å²) >= 11 is 0. The van der Waals surface area contributed by atoms with Crippen LogP contribution in [0.15, 0.2) is 0 Å². The first-order valence-electron chi connectivity index (χ1n) is 18.6. The first kappa shape index (κ1) is 41.3. The Labute approximate surface area is 275 Å². The molecule has 2 aliphatic heterocycles. The molecule has 0 saturated carbocycles. The van der Waals surface area contributed by atoms with Gasteiger partial charge < -0.3 is 9.80 Å². The van der Waals surface area contributed by atoms with Crippen molar-refractivity contribution in [1.82, 2.24) is 14.7 Å². The van der Waals surface area contributed by atoms with Gasteiger partial charge in [0.25, 0.3) is 0 Å². The van der Waals surface area contributed by atoms with Gasteiger partial charge in [0.1, 0.15) is 5.67 Å². The Kier molecular flexibility index (Phi) is 17.5. The fourth-order valence-corrected chi connectivity index (χ4v) is 6.55. The van der Waals surface area contributed by atoms with Gasteiger partial charge in [-0.1, -0.05) is 114 Å². The SMILES string of the molecule is CC(C)(C)CCCCCCCN1CCC(F)(C(C)(C)C)CC1.CC(C)(C)CCCCCCCN1CCN(C(C)(C)C)C(=O)C1. The fourth-order valence-electron chi connectivity index (χ4n) is 6.55. The number of halogens is 1. The smallest absolute Gasteiger partial charge is 0.237 e. The summed E-state index contributed by atoms with van der Waals surface area (Å²) in [6.07, 6.45) is 17.4. The van der Waals surface area contributed by atoms with Crippen LogP contribution in [0.2, 0.25) is 0 Å². The maximum Gasteiger partial charge on any atom is 0.237 e. The van der Waals surface area contributed by atoms with E-state index in [0.717, 1.165) is 32.7 Å². The minimum absolute atomic E-state index is 0.0315. The number of hydrogen-bond acceptors (Lipinski definition) is 3. The van der Waals surface area contributed by atoms with Gasteiger partial charge in [-0.25, -0.2) is 4.39 Å². The summed E-state index contributed by atoms with van der Waals surface area (Å²) in [6.45, 7) is 33.1. The van der Waals surface area contributed by atoms with Gasteiger partial charge in [-0.2, -0.15) is 0 Å². The highest BCUT2D eigenvalue weighted by atomic mass is 19.1. The maximum absolute atomic E-state index is 14.9. The van der Waals surface area contributed by atoms with Crippen molar-refractivity contribution in [2.45, 2.75) is 184 Å². The summed E-state index contributed by atoms with van der Waals surface area (Å²) in [7, 11) is 0. The lowest BCUT2D eigenvalue weighted by atomic mass is 9.72. The molecule has 0 spiro atoms. The molecule has 2 saturated heterocycles. The molecule has 1 amide bonds. The van der Waals surface area contributed by atoms with Crippen LogP contribution in [0.5, 0.6) is 0 Å². The maximum atomic E-state index is 14.9. The van der Waals surface area contributed by atoms with Gasteiger partial charge in [0.05, 0.1) is 6.54 Å². The number of likely N-dealkylation sites (tertiary alicyclic amines) is 1. The Morgan fingerprint density at radius 3 is 1.36 bits per heavy atom. The molecule has 262 valence electrons. The average molecular weight is 624 g/mol. The van der Waals surface area contributed by atoms with E-state index in [1.165, 1.54) is 83.6 Å². The lowest BCUT2D eigenvalue weighted by molar-refractivity contribution is -0.141. The second-order valence-electron chi connectivity index (χ2n) is 18.7. The van der Waals surface area contributed by atoms with Gasteiger partial charge in [-0.05, 0) is 88.6 Å². The fraction of sp³-hybridized carbons (Fsp3) is 0.974. The summed E-state index contributed by atoms with van der Waals surface area (Å²) < 4.78 is 14.9. The Bertz CT molecular complexity index is 775. The van der Waals surface area contributed by atoms with Crippen LogP contribution < -0.4 is 0 Å². The van der Waals surface area contributed by atoms with E-state index in [1.54, 1.807) is 0 Å². The number of piperidine rings is 1. The van der Waals surface area contributed by atoms with Crippen molar-refractivity contribution in [3.63, 3.8) is 0 Å². The van der Waals surface area contributed by atoms with Gasteiger partial charge in [0, 0.05) is 31.7 Å². The van der Waals surface area contributed by atoms with Gasteiger partial charge in [-0.15, -0.1) is 0 Å². The second-order valence-corrected chi connectivity index (χ2v) is 18.7. The number of unbranched alkanes of at least 4 members (excludes halogenated alkanes) is 8. The number of nitrogens with zero attached hydrogens (tertiary/aromatic N) is 3. The molecule has 0 aliphatic carbocycles. The molecule has 0 bridgehead atoms. The molecule has 2 heterocycles. The van der Waals surface area contributed by atoms with Gasteiger partial charge >= 0.3 is 0 Å². The van der Waals surface area contributed by atoms with Crippen LogP contribution in [0.3, 0.4) is 0 Å². The highest BCUT2D eigenvalue weighted by Gasteiger charge is 2.44. The highest BCUT2D eigenvalue weighted by molar-refractivity contribution is 5.79. The van der Waals surface area contributed by atoms with E-state index in [4.69, 9.17) is 0 Å². The molecule has 0 N–H and O–H groups in total. The standard InChI is InChI=1S/C20H40FN.C19H38N2O/c1-18(2,3)12-10-8-7-9-11-15-22-16-13-20(21,14-17-22)19(4,5)6;1-18(2,3)12-10-8-7-9-11-13-20-14-15-21(17(22)16-20)19(4,5)6/h7-17H2,1-6H3;7-16H2,1-6H3. The molecule has 2 aliphatic rings. The monoisotopic (exact) mass is 624 g/mol. The molecule has 5 heteroatoms. The van der Waals surface area contributed by atoms with Crippen molar-refractivity contribution in [3.05, 3.63) is 0 Å². The molecule has 0 unspecified atom stereocenters. The topological polar surface area (TPSA) is 26.8 Å². The predicted octanol–water partition coefficient (Wildman–Crippen LogP) is 10.5. The molecule has 2 fully saturated rings. The van der Waals surface area contributed by atoms with Crippen molar-refractivity contribution < 1.29 is 9.18 Å². The minimum atomic E-state index is -0.962. The summed E-state index contributed by atoms with van der Waals surface area (Å²) in [4.78, 5) is 19.0. The zero-order valence-electron chi connectivity index (χ0n) is 32.0. The molecule has 0 aromatic heterocycles. The summed E-state index contributed by atoms with van der Waals surface area (Å²) in [6, 6.07) is 0. The molecule has 0 aromatic rings. The van der Waals surface area contributed by atoms with Crippen molar-refractivity contribution in [2.75, 3.05) is 45.8 Å². The lowest BCUT2D eigenvalue weighted by Crippen LogP contribution is -2.56. The third kappa shape index (κ3) is 17.9. The Hall–Kier alpha value is -0.680. The third-order valence-corrected chi connectivity index (χ3v) is 9.90.